The largest absolute Gasteiger partial charge is 0.354 e. The molecule has 4 rings (SSSR count). The lowest BCUT2D eigenvalue weighted by Crippen LogP contribution is -2.43. The molecule has 1 N–H and O–H groups in total. The third kappa shape index (κ3) is 4.34. The molecule has 5 nitrogen and oxygen atoms in total. The highest BCUT2D eigenvalue weighted by molar-refractivity contribution is 7.99. The predicted molar refractivity (Wildman–Crippen MR) is 119 cm³/mol. The topological polar surface area (TPSA) is 66.5 Å². The first-order chi connectivity index (χ1) is 14.5. The van der Waals surface area contributed by atoms with Crippen LogP contribution >= 0.6 is 11.8 Å². The molecule has 0 unspecified atom stereocenters. The second-order valence-corrected chi connectivity index (χ2v) is 10.9. The summed E-state index contributed by atoms with van der Waals surface area (Å²) in [7, 11) is -3.91. The van der Waals surface area contributed by atoms with Crippen LogP contribution in [0.2, 0.25) is 0 Å². The molecule has 2 aromatic rings. The maximum Gasteiger partial charge on any atom is 0.265 e. The van der Waals surface area contributed by atoms with Gasteiger partial charge in [-0.25, -0.2) is 12.8 Å². The number of halogens is 1. The van der Waals surface area contributed by atoms with Crippen molar-refractivity contribution < 1.29 is 17.6 Å². The summed E-state index contributed by atoms with van der Waals surface area (Å²) in [6, 6.07) is 10.4. The summed E-state index contributed by atoms with van der Waals surface area (Å²) in [6.45, 7) is 0.171. The Labute approximate surface area is 181 Å². The highest BCUT2D eigenvalue weighted by Gasteiger charge is 2.36. The number of nitrogens with one attached hydrogen (secondary N) is 1. The van der Waals surface area contributed by atoms with Crippen molar-refractivity contribution in [2.24, 2.45) is 0 Å². The van der Waals surface area contributed by atoms with Crippen molar-refractivity contribution in [1.29, 1.82) is 0 Å². The number of fused-ring (bicyclic) bond motifs is 3. The van der Waals surface area contributed by atoms with Gasteiger partial charge in [0.2, 0.25) is 5.91 Å². The molecular formula is C22H25FN2O3S2. The number of carbonyl (C=O) groups is 1. The Morgan fingerprint density at radius 1 is 1.10 bits per heavy atom. The average Bonchev–Trinajstić information content (AvgIpc) is 2.75. The van der Waals surface area contributed by atoms with Gasteiger partial charge in [-0.3, -0.25) is 9.10 Å². The monoisotopic (exact) mass is 448 g/mol. The number of rotatable bonds is 6. The van der Waals surface area contributed by atoms with Gasteiger partial charge in [0.1, 0.15) is 12.4 Å². The third-order valence-electron chi connectivity index (χ3n) is 5.59. The fourth-order valence-corrected chi connectivity index (χ4v) is 6.98. The molecule has 0 aromatic heterocycles. The van der Waals surface area contributed by atoms with Crippen LogP contribution in [-0.4, -0.2) is 38.4 Å². The number of nitrogens with zero attached hydrogens (tertiary/aromatic N) is 1. The van der Waals surface area contributed by atoms with E-state index in [-0.39, 0.29) is 17.3 Å². The third-order valence-corrected chi connectivity index (χ3v) is 8.79. The smallest absolute Gasteiger partial charge is 0.265 e. The van der Waals surface area contributed by atoms with Gasteiger partial charge in [0.05, 0.1) is 10.6 Å². The zero-order valence-electron chi connectivity index (χ0n) is 16.6. The van der Waals surface area contributed by atoms with Crippen LogP contribution in [0.5, 0.6) is 0 Å². The number of thioether (sulfide) groups is 1. The molecule has 1 heterocycles. The van der Waals surface area contributed by atoms with Crippen LogP contribution in [-0.2, 0) is 14.8 Å². The van der Waals surface area contributed by atoms with E-state index in [9.17, 15) is 17.6 Å². The summed E-state index contributed by atoms with van der Waals surface area (Å²) < 4.78 is 41.3. The van der Waals surface area contributed by atoms with E-state index in [0.717, 1.165) is 10.1 Å². The van der Waals surface area contributed by atoms with Crippen molar-refractivity contribution in [1.82, 2.24) is 5.32 Å². The van der Waals surface area contributed by atoms with Gasteiger partial charge >= 0.3 is 0 Å². The van der Waals surface area contributed by atoms with Crippen molar-refractivity contribution in [2.75, 3.05) is 23.1 Å². The van der Waals surface area contributed by atoms with Gasteiger partial charge in [0, 0.05) is 28.7 Å². The van der Waals surface area contributed by atoms with Crippen molar-refractivity contribution >= 4 is 33.4 Å². The maximum absolute atomic E-state index is 13.9. The van der Waals surface area contributed by atoms with E-state index >= 15 is 0 Å². The minimum Gasteiger partial charge on any atom is -0.354 e. The Kier molecular flexibility index (Phi) is 6.34. The van der Waals surface area contributed by atoms with Gasteiger partial charge in [-0.15, -0.1) is 0 Å². The molecule has 30 heavy (non-hydrogen) atoms. The predicted octanol–water partition coefficient (Wildman–Crippen LogP) is 4.18. The van der Waals surface area contributed by atoms with Gasteiger partial charge in [-0.2, -0.15) is 11.8 Å². The Hall–Kier alpha value is -2.06. The number of benzene rings is 2. The van der Waals surface area contributed by atoms with E-state index < -0.39 is 15.8 Å². The Morgan fingerprint density at radius 2 is 1.87 bits per heavy atom. The molecule has 0 bridgehead atoms. The van der Waals surface area contributed by atoms with Gasteiger partial charge in [0.25, 0.3) is 10.0 Å². The van der Waals surface area contributed by atoms with E-state index in [1.54, 1.807) is 18.2 Å². The lowest BCUT2D eigenvalue weighted by Gasteiger charge is -2.31. The first-order valence-corrected chi connectivity index (χ1v) is 12.8. The van der Waals surface area contributed by atoms with Gasteiger partial charge in [-0.05, 0) is 37.1 Å². The summed E-state index contributed by atoms with van der Waals surface area (Å²) >= 11 is 1.88. The first-order valence-electron chi connectivity index (χ1n) is 10.3. The minimum absolute atomic E-state index is 0.0868. The van der Waals surface area contributed by atoms with Crippen LogP contribution in [0.1, 0.15) is 32.1 Å². The van der Waals surface area contributed by atoms with Crippen LogP contribution in [0.3, 0.4) is 0 Å². The molecule has 2 aromatic carbocycles. The van der Waals surface area contributed by atoms with E-state index in [0.29, 0.717) is 28.6 Å². The quantitative estimate of drug-likeness (QED) is 0.673. The van der Waals surface area contributed by atoms with Crippen molar-refractivity contribution in [3.05, 3.63) is 48.3 Å². The number of hydrogen-bond donors (Lipinski definition) is 1. The minimum atomic E-state index is -3.91. The summed E-state index contributed by atoms with van der Waals surface area (Å²) in [5.41, 5.74) is 1.25. The summed E-state index contributed by atoms with van der Waals surface area (Å²) in [5, 5.41) is 3.50. The fourth-order valence-electron chi connectivity index (χ4n) is 4.11. The molecule has 0 radical (unpaired) electrons. The molecule has 1 saturated carbocycles. The molecular weight excluding hydrogens is 423 g/mol. The van der Waals surface area contributed by atoms with Crippen LogP contribution < -0.4 is 9.62 Å². The first kappa shape index (κ1) is 21.2. The molecule has 1 aliphatic heterocycles. The van der Waals surface area contributed by atoms with Crippen molar-refractivity contribution in [3.8, 4) is 11.1 Å². The fraction of sp³-hybridized carbons (Fsp3) is 0.409. The summed E-state index contributed by atoms with van der Waals surface area (Å²) in [5.74, 6) is -0.00203. The number of amides is 1. The molecule has 0 spiro atoms. The van der Waals surface area contributed by atoms with Crippen LogP contribution in [0, 0.1) is 5.82 Å². The normalized spacial score (nSPS) is 17.8. The Morgan fingerprint density at radius 3 is 2.67 bits per heavy atom. The van der Waals surface area contributed by atoms with Crippen LogP contribution in [0.25, 0.3) is 11.1 Å². The van der Waals surface area contributed by atoms with E-state index in [1.807, 2.05) is 11.8 Å². The van der Waals surface area contributed by atoms with E-state index in [4.69, 9.17) is 0 Å². The molecule has 2 aliphatic rings. The highest BCUT2D eigenvalue weighted by atomic mass is 32.2. The standard InChI is InChI=1S/C22H25FN2O3S2/c23-16-10-11-20-19(14-16)18-8-4-5-9-21(18)30(27,28)25(20)15-22(26)24-12-13-29-17-6-2-1-3-7-17/h4-5,8-11,14,17H,1-3,6-7,12-13,15H2,(H,24,26). The molecule has 160 valence electrons. The average molecular weight is 449 g/mol. The van der Waals surface area contributed by atoms with Crippen molar-refractivity contribution in [3.63, 3.8) is 0 Å². The number of sulfonamides is 1. The van der Waals surface area contributed by atoms with Crippen LogP contribution in [0.15, 0.2) is 47.4 Å². The zero-order valence-corrected chi connectivity index (χ0v) is 18.3. The molecule has 8 heteroatoms. The van der Waals surface area contributed by atoms with Gasteiger partial charge < -0.3 is 5.32 Å². The van der Waals surface area contributed by atoms with Gasteiger partial charge in [-0.1, -0.05) is 37.5 Å². The lowest BCUT2D eigenvalue weighted by molar-refractivity contribution is -0.119. The molecule has 1 amide bonds. The second-order valence-electron chi connectivity index (χ2n) is 7.65. The van der Waals surface area contributed by atoms with Crippen molar-refractivity contribution in [2.45, 2.75) is 42.2 Å². The SMILES string of the molecule is O=C(CN1c2ccc(F)cc2-c2ccccc2S1(=O)=O)NCCSC1CCCCC1. The van der Waals surface area contributed by atoms with Crippen LogP contribution in [0.4, 0.5) is 10.1 Å². The van der Waals surface area contributed by atoms with E-state index in [2.05, 4.69) is 5.32 Å². The molecule has 0 saturated heterocycles. The lowest BCUT2D eigenvalue weighted by atomic mass is 10.0. The summed E-state index contributed by atoms with van der Waals surface area (Å²) in [6.07, 6.45) is 6.33. The zero-order chi connectivity index (χ0) is 21.1. The van der Waals surface area contributed by atoms with E-state index in [1.165, 1.54) is 56.4 Å². The molecule has 0 atom stereocenters. The van der Waals surface area contributed by atoms with Gasteiger partial charge in [0.15, 0.2) is 0 Å². The Balaban J connectivity index is 1.46. The number of anilines is 1. The molecule has 1 fully saturated rings. The number of hydrogen-bond acceptors (Lipinski definition) is 4. The highest BCUT2D eigenvalue weighted by Crippen LogP contribution is 2.43. The number of carbonyl (C=O) groups excluding carboxylic acids is 1. The second kappa shape index (κ2) is 8.98. The Bertz CT molecular complexity index is 1040. The molecule has 1 aliphatic carbocycles. The summed E-state index contributed by atoms with van der Waals surface area (Å²) in [4.78, 5) is 12.6. The maximum atomic E-state index is 13.9.